The van der Waals surface area contributed by atoms with Crippen LogP contribution in [0.2, 0.25) is 0 Å². The molecular weight excluding hydrogens is 246 g/mol. The molecule has 0 spiro atoms. The number of aromatic carboxylic acids is 1. The lowest BCUT2D eigenvalue weighted by molar-refractivity contribution is -0.130. The smallest absolute Gasteiger partial charge is 0.337 e. The highest BCUT2D eigenvalue weighted by molar-refractivity contribution is 6.19. The maximum absolute atomic E-state index is 12.0. The van der Waals surface area contributed by atoms with Gasteiger partial charge in [-0.05, 0) is 25.0 Å². The van der Waals surface area contributed by atoms with Gasteiger partial charge >= 0.3 is 5.97 Å². The normalized spacial score (nSPS) is 16.8. The molecule has 1 N–H and O–H groups in total. The van der Waals surface area contributed by atoms with E-state index in [-0.39, 0.29) is 41.8 Å². The third kappa shape index (κ3) is 2.50. The SMILES string of the molecule is Cc1ccc(N2C(=O)CC(C)CC2=O)c(C(=O)O)c1. The second-order valence-corrected chi connectivity index (χ2v) is 4.96. The van der Waals surface area contributed by atoms with Crippen molar-refractivity contribution in [2.24, 2.45) is 5.92 Å². The Kier molecular flexibility index (Phi) is 3.38. The summed E-state index contributed by atoms with van der Waals surface area (Å²) in [5.41, 5.74) is 0.919. The summed E-state index contributed by atoms with van der Waals surface area (Å²) in [6, 6.07) is 4.68. The largest absolute Gasteiger partial charge is 0.478 e. The fourth-order valence-electron chi connectivity index (χ4n) is 2.27. The van der Waals surface area contributed by atoms with Crippen molar-refractivity contribution in [3.05, 3.63) is 29.3 Å². The molecule has 1 aromatic rings. The molecule has 0 unspecified atom stereocenters. The Balaban J connectivity index is 2.49. The highest BCUT2D eigenvalue weighted by Crippen LogP contribution is 2.28. The van der Waals surface area contributed by atoms with Crippen LogP contribution in [0.25, 0.3) is 0 Å². The number of carboxylic acid groups (broad SMARTS) is 1. The van der Waals surface area contributed by atoms with E-state index in [0.29, 0.717) is 0 Å². The molecule has 0 bridgehead atoms. The van der Waals surface area contributed by atoms with E-state index in [0.717, 1.165) is 10.5 Å². The van der Waals surface area contributed by atoms with Crippen LogP contribution in [0.15, 0.2) is 18.2 Å². The van der Waals surface area contributed by atoms with Gasteiger partial charge in [0.25, 0.3) is 0 Å². The predicted octanol–water partition coefficient (Wildman–Crippen LogP) is 1.98. The molecule has 0 atom stereocenters. The first kappa shape index (κ1) is 13.3. The molecule has 1 fully saturated rings. The molecule has 1 heterocycles. The van der Waals surface area contributed by atoms with Gasteiger partial charge in [0, 0.05) is 12.8 Å². The molecule has 0 radical (unpaired) electrons. The molecule has 1 aliphatic heterocycles. The number of piperidine rings is 1. The molecule has 1 saturated heterocycles. The number of hydrogen-bond donors (Lipinski definition) is 1. The Morgan fingerprint density at radius 1 is 1.26 bits per heavy atom. The average Bonchev–Trinajstić information content (AvgIpc) is 2.29. The number of anilines is 1. The number of amides is 2. The standard InChI is InChI=1S/C14H15NO4/c1-8-3-4-11(10(5-8)14(18)19)15-12(16)6-9(2)7-13(15)17/h3-5,9H,6-7H2,1-2H3,(H,18,19). The second kappa shape index (κ2) is 4.84. The molecule has 0 aromatic heterocycles. The van der Waals surface area contributed by atoms with Gasteiger partial charge in [-0.15, -0.1) is 0 Å². The van der Waals surface area contributed by atoms with E-state index in [1.165, 1.54) is 12.1 Å². The van der Waals surface area contributed by atoms with Crippen LogP contribution in [0, 0.1) is 12.8 Å². The number of nitrogens with zero attached hydrogens (tertiary/aromatic N) is 1. The molecular formula is C14H15NO4. The summed E-state index contributed by atoms with van der Waals surface area (Å²) in [6.07, 6.45) is 0.525. The molecule has 2 rings (SSSR count). The van der Waals surface area contributed by atoms with Crippen LogP contribution >= 0.6 is 0 Å². The third-order valence-electron chi connectivity index (χ3n) is 3.17. The first-order valence-corrected chi connectivity index (χ1v) is 6.10. The van der Waals surface area contributed by atoms with Crippen LogP contribution in [0.4, 0.5) is 5.69 Å². The number of aryl methyl sites for hydroxylation is 1. The summed E-state index contributed by atoms with van der Waals surface area (Å²) < 4.78 is 0. The van der Waals surface area contributed by atoms with E-state index < -0.39 is 5.97 Å². The molecule has 2 amide bonds. The van der Waals surface area contributed by atoms with Crippen LogP contribution in [-0.2, 0) is 9.59 Å². The van der Waals surface area contributed by atoms with Gasteiger partial charge in [-0.2, -0.15) is 0 Å². The molecule has 100 valence electrons. The van der Waals surface area contributed by atoms with Crippen LogP contribution in [0.3, 0.4) is 0 Å². The van der Waals surface area contributed by atoms with E-state index in [9.17, 15) is 19.5 Å². The van der Waals surface area contributed by atoms with Gasteiger partial charge in [0.15, 0.2) is 0 Å². The van der Waals surface area contributed by atoms with Crippen molar-refractivity contribution in [3.8, 4) is 0 Å². The van der Waals surface area contributed by atoms with Gasteiger partial charge in [-0.25, -0.2) is 9.69 Å². The van der Waals surface area contributed by atoms with Crippen molar-refractivity contribution in [1.29, 1.82) is 0 Å². The van der Waals surface area contributed by atoms with E-state index in [1.807, 2.05) is 6.92 Å². The molecule has 0 aliphatic carbocycles. The molecule has 0 saturated carbocycles. The number of carbonyl (C=O) groups is 3. The minimum Gasteiger partial charge on any atom is -0.478 e. The Morgan fingerprint density at radius 2 is 1.84 bits per heavy atom. The minimum atomic E-state index is -1.14. The first-order chi connectivity index (χ1) is 8.90. The van der Waals surface area contributed by atoms with E-state index in [1.54, 1.807) is 13.0 Å². The monoisotopic (exact) mass is 261 g/mol. The topological polar surface area (TPSA) is 74.7 Å². The lowest BCUT2D eigenvalue weighted by Gasteiger charge is -2.29. The summed E-state index contributed by atoms with van der Waals surface area (Å²) in [4.78, 5) is 36.2. The molecule has 5 heteroatoms. The summed E-state index contributed by atoms with van der Waals surface area (Å²) in [7, 11) is 0. The van der Waals surface area contributed by atoms with Crippen molar-refractivity contribution in [1.82, 2.24) is 0 Å². The van der Waals surface area contributed by atoms with Gasteiger partial charge in [0.05, 0.1) is 11.3 Å². The Bertz CT molecular complexity index is 547. The third-order valence-corrected chi connectivity index (χ3v) is 3.17. The Hall–Kier alpha value is -2.17. The number of imide groups is 1. The van der Waals surface area contributed by atoms with Crippen LogP contribution in [-0.4, -0.2) is 22.9 Å². The van der Waals surface area contributed by atoms with E-state index in [2.05, 4.69) is 0 Å². The average molecular weight is 261 g/mol. The summed E-state index contributed by atoms with van der Waals surface area (Å²) in [5.74, 6) is -1.81. The van der Waals surface area contributed by atoms with Crippen molar-refractivity contribution >= 4 is 23.5 Å². The minimum absolute atomic E-state index is 0.00924. The molecule has 1 aliphatic rings. The quantitative estimate of drug-likeness (QED) is 0.826. The van der Waals surface area contributed by atoms with Gasteiger partial charge in [-0.3, -0.25) is 9.59 Å². The molecule has 1 aromatic carbocycles. The van der Waals surface area contributed by atoms with Crippen molar-refractivity contribution in [3.63, 3.8) is 0 Å². The van der Waals surface area contributed by atoms with Crippen LogP contribution in [0.5, 0.6) is 0 Å². The predicted molar refractivity (Wildman–Crippen MR) is 69.0 cm³/mol. The van der Waals surface area contributed by atoms with Crippen LogP contribution < -0.4 is 4.90 Å². The maximum atomic E-state index is 12.0. The fourth-order valence-corrected chi connectivity index (χ4v) is 2.27. The summed E-state index contributed by atoms with van der Waals surface area (Å²) in [5, 5.41) is 9.20. The fraction of sp³-hybridized carbons (Fsp3) is 0.357. The first-order valence-electron chi connectivity index (χ1n) is 6.10. The van der Waals surface area contributed by atoms with E-state index >= 15 is 0 Å². The van der Waals surface area contributed by atoms with Gasteiger partial charge in [-0.1, -0.05) is 18.6 Å². The van der Waals surface area contributed by atoms with Crippen molar-refractivity contribution in [2.45, 2.75) is 26.7 Å². The molecule has 5 nitrogen and oxygen atoms in total. The highest BCUT2D eigenvalue weighted by atomic mass is 16.4. The zero-order chi connectivity index (χ0) is 14.2. The second-order valence-electron chi connectivity index (χ2n) is 4.96. The number of benzene rings is 1. The van der Waals surface area contributed by atoms with Gasteiger partial charge in [0.2, 0.25) is 11.8 Å². The van der Waals surface area contributed by atoms with Gasteiger partial charge in [0.1, 0.15) is 0 Å². The molecule has 19 heavy (non-hydrogen) atoms. The zero-order valence-electron chi connectivity index (χ0n) is 10.8. The lowest BCUT2D eigenvalue weighted by Crippen LogP contribution is -2.43. The Labute approximate surface area is 110 Å². The van der Waals surface area contributed by atoms with Crippen molar-refractivity contribution in [2.75, 3.05) is 4.90 Å². The number of rotatable bonds is 2. The van der Waals surface area contributed by atoms with Crippen LogP contribution in [0.1, 0.15) is 35.7 Å². The number of hydrogen-bond acceptors (Lipinski definition) is 3. The summed E-state index contributed by atoms with van der Waals surface area (Å²) in [6.45, 7) is 3.60. The summed E-state index contributed by atoms with van der Waals surface area (Å²) >= 11 is 0. The van der Waals surface area contributed by atoms with Crippen molar-refractivity contribution < 1.29 is 19.5 Å². The number of carboxylic acids is 1. The van der Waals surface area contributed by atoms with Gasteiger partial charge < -0.3 is 5.11 Å². The Morgan fingerprint density at radius 3 is 2.37 bits per heavy atom. The lowest BCUT2D eigenvalue weighted by atomic mass is 9.96. The number of carbonyl (C=O) groups excluding carboxylic acids is 2. The zero-order valence-corrected chi connectivity index (χ0v) is 10.8. The van der Waals surface area contributed by atoms with E-state index in [4.69, 9.17) is 0 Å². The highest BCUT2D eigenvalue weighted by Gasteiger charge is 2.33. The maximum Gasteiger partial charge on any atom is 0.337 e.